The van der Waals surface area contributed by atoms with Crippen LogP contribution in [-0.2, 0) is 0 Å². The summed E-state index contributed by atoms with van der Waals surface area (Å²) in [6, 6.07) is 5.42. The largest absolute Gasteiger partial charge is 0.364 e. The Morgan fingerprint density at radius 1 is 1.28 bits per heavy atom. The summed E-state index contributed by atoms with van der Waals surface area (Å²) >= 11 is 0. The first-order chi connectivity index (χ1) is 8.84. The van der Waals surface area contributed by atoms with E-state index in [4.69, 9.17) is 0 Å². The van der Waals surface area contributed by atoms with Crippen LogP contribution in [-0.4, -0.2) is 15.9 Å². The maximum atomic E-state index is 12.2. The molecule has 0 spiro atoms. The van der Waals surface area contributed by atoms with E-state index in [1.54, 1.807) is 24.5 Å². The van der Waals surface area contributed by atoms with E-state index in [-0.39, 0.29) is 5.91 Å². The van der Waals surface area contributed by atoms with Gasteiger partial charge in [-0.3, -0.25) is 9.78 Å². The van der Waals surface area contributed by atoms with Gasteiger partial charge < -0.3 is 10.3 Å². The molecule has 0 aliphatic heterocycles. The zero-order valence-electron chi connectivity index (χ0n) is 10.0. The number of anilines is 1. The van der Waals surface area contributed by atoms with Crippen molar-refractivity contribution in [2.45, 2.75) is 25.2 Å². The van der Waals surface area contributed by atoms with Crippen LogP contribution in [0.15, 0.2) is 36.8 Å². The van der Waals surface area contributed by atoms with Crippen molar-refractivity contribution in [2.75, 3.05) is 5.32 Å². The molecule has 1 fully saturated rings. The fraction of sp³-hybridized carbons (Fsp3) is 0.286. The van der Waals surface area contributed by atoms with Crippen molar-refractivity contribution in [3.05, 3.63) is 48.0 Å². The number of H-pyrrole nitrogens is 1. The van der Waals surface area contributed by atoms with E-state index in [2.05, 4.69) is 15.3 Å². The molecule has 3 rings (SSSR count). The van der Waals surface area contributed by atoms with Crippen molar-refractivity contribution in [3.63, 3.8) is 0 Å². The lowest BCUT2D eigenvalue weighted by atomic mass is 9.81. The Kier molecular flexibility index (Phi) is 2.84. The SMILES string of the molecule is O=C(Nc1ccncc1)c1cc[nH]c1C1CCC1. The number of hydrogen-bond donors (Lipinski definition) is 2. The lowest BCUT2D eigenvalue weighted by Crippen LogP contribution is -2.17. The Hall–Kier alpha value is -2.10. The van der Waals surface area contributed by atoms with Crippen LogP contribution in [0, 0.1) is 0 Å². The summed E-state index contributed by atoms with van der Waals surface area (Å²) in [5.41, 5.74) is 2.61. The fourth-order valence-electron chi connectivity index (χ4n) is 2.25. The zero-order chi connectivity index (χ0) is 12.4. The third kappa shape index (κ3) is 2.01. The number of nitrogens with one attached hydrogen (secondary N) is 2. The molecule has 4 heteroatoms. The third-order valence-corrected chi connectivity index (χ3v) is 3.48. The molecule has 0 aromatic carbocycles. The van der Waals surface area contributed by atoms with Crippen molar-refractivity contribution in [3.8, 4) is 0 Å². The van der Waals surface area contributed by atoms with Gasteiger partial charge in [-0.15, -0.1) is 0 Å². The minimum absolute atomic E-state index is 0.0515. The van der Waals surface area contributed by atoms with Gasteiger partial charge in [0, 0.05) is 30.0 Å². The first-order valence-corrected chi connectivity index (χ1v) is 6.23. The average Bonchev–Trinajstić information content (AvgIpc) is 2.77. The lowest BCUT2D eigenvalue weighted by molar-refractivity contribution is 0.102. The summed E-state index contributed by atoms with van der Waals surface area (Å²) in [6.07, 6.45) is 8.79. The molecular weight excluding hydrogens is 226 g/mol. The van der Waals surface area contributed by atoms with Crippen molar-refractivity contribution in [1.29, 1.82) is 0 Å². The van der Waals surface area contributed by atoms with Gasteiger partial charge in [0.1, 0.15) is 0 Å². The first kappa shape index (κ1) is 11.0. The number of amides is 1. The topological polar surface area (TPSA) is 57.8 Å². The van der Waals surface area contributed by atoms with Gasteiger partial charge in [-0.25, -0.2) is 0 Å². The van der Waals surface area contributed by atoms with Crippen LogP contribution < -0.4 is 5.32 Å². The van der Waals surface area contributed by atoms with Crippen molar-refractivity contribution >= 4 is 11.6 Å². The minimum atomic E-state index is -0.0515. The van der Waals surface area contributed by atoms with E-state index in [1.165, 1.54) is 19.3 Å². The van der Waals surface area contributed by atoms with Crippen LogP contribution in [0.25, 0.3) is 0 Å². The molecular formula is C14H15N3O. The van der Waals surface area contributed by atoms with Crippen molar-refractivity contribution in [2.24, 2.45) is 0 Å². The van der Waals surface area contributed by atoms with Crippen LogP contribution >= 0.6 is 0 Å². The number of pyridine rings is 1. The molecule has 2 heterocycles. The molecule has 0 saturated heterocycles. The Balaban J connectivity index is 1.78. The second-order valence-electron chi connectivity index (χ2n) is 4.62. The highest BCUT2D eigenvalue weighted by Gasteiger charge is 2.25. The fourth-order valence-corrected chi connectivity index (χ4v) is 2.25. The molecule has 0 atom stereocenters. The molecule has 2 N–H and O–H groups in total. The second kappa shape index (κ2) is 4.64. The van der Waals surface area contributed by atoms with E-state index in [0.29, 0.717) is 5.92 Å². The number of carbonyl (C=O) groups is 1. The van der Waals surface area contributed by atoms with E-state index in [9.17, 15) is 4.79 Å². The highest BCUT2D eigenvalue weighted by atomic mass is 16.1. The van der Waals surface area contributed by atoms with E-state index in [1.807, 2.05) is 12.3 Å². The average molecular weight is 241 g/mol. The summed E-state index contributed by atoms with van der Waals surface area (Å²) < 4.78 is 0. The third-order valence-electron chi connectivity index (χ3n) is 3.48. The molecule has 2 aromatic heterocycles. The highest BCUT2D eigenvalue weighted by Crippen LogP contribution is 2.37. The molecule has 0 unspecified atom stereocenters. The Labute approximate surface area is 105 Å². The molecule has 4 nitrogen and oxygen atoms in total. The summed E-state index contributed by atoms with van der Waals surface area (Å²) in [4.78, 5) is 19.3. The summed E-state index contributed by atoms with van der Waals surface area (Å²) in [6.45, 7) is 0. The zero-order valence-corrected chi connectivity index (χ0v) is 10.0. The second-order valence-corrected chi connectivity index (χ2v) is 4.62. The van der Waals surface area contributed by atoms with Gasteiger partial charge in [-0.05, 0) is 37.0 Å². The van der Waals surface area contributed by atoms with Crippen molar-refractivity contribution < 1.29 is 4.79 Å². The Bertz CT molecular complexity index is 543. The first-order valence-electron chi connectivity index (χ1n) is 6.23. The highest BCUT2D eigenvalue weighted by molar-refractivity contribution is 6.05. The quantitative estimate of drug-likeness (QED) is 0.868. The van der Waals surface area contributed by atoms with Crippen LogP contribution in [0.3, 0.4) is 0 Å². The number of aromatic amines is 1. The van der Waals surface area contributed by atoms with Crippen LogP contribution in [0.1, 0.15) is 41.2 Å². The molecule has 18 heavy (non-hydrogen) atoms. The maximum absolute atomic E-state index is 12.2. The number of aromatic nitrogens is 2. The number of hydrogen-bond acceptors (Lipinski definition) is 2. The number of carbonyl (C=O) groups excluding carboxylic acids is 1. The van der Waals surface area contributed by atoms with Crippen LogP contribution in [0.4, 0.5) is 5.69 Å². The van der Waals surface area contributed by atoms with Crippen LogP contribution in [0.2, 0.25) is 0 Å². The maximum Gasteiger partial charge on any atom is 0.257 e. The molecule has 92 valence electrons. The number of nitrogens with zero attached hydrogens (tertiary/aromatic N) is 1. The molecule has 0 radical (unpaired) electrons. The molecule has 1 amide bonds. The van der Waals surface area contributed by atoms with Gasteiger partial charge in [0.25, 0.3) is 5.91 Å². The summed E-state index contributed by atoms with van der Waals surface area (Å²) in [7, 11) is 0. The van der Waals surface area contributed by atoms with Gasteiger partial charge in [0.15, 0.2) is 0 Å². The van der Waals surface area contributed by atoms with E-state index in [0.717, 1.165) is 16.9 Å². The van der Waals surface area contributed by atoms with Crippen molar-refractivity contribution in [1.82, 2.24) is 9.97 Å². The lowest BCUT2D eigenvalue weighted by Gasteiger charge is -2.25. The molecule has 1 saturated carbocycles. The predicted octanol–water partition coefficient (Wildman–Crippen LogP) is 2.93. The smallest absolute Gasteiger partial charge is 0.257 e. The van der Waals surface area contributed by atoms with E-state index < -0.39 is 0 Å². The monoisotopic (exact) mass is 241 g/mol. The predicted molar refractivity (Wildman–Crippen MR) is 69.6 cm³/mol. The van der Waals surface area contributed by atoms with E-state index >= 15 is 0 Å². The Morgan fingerprint density at radius 3 is 2.72 bits per heavy atom. The number of rotatable bonds is 3. The normalized spacial score (nSPS) is 15.1. The standard InChI is InChI=1S/C14H15N3O/c18-14(17-11-4-7-15-8-5-11)12-6-9-16-13(12)10-2-1-3-10/h4-10,16H,1-3H2,(H,15,17,18). The van der Waals surface area contributed by atoms with Gasteiger partial charge in [-0.1, -0.05) is 6.42 Å². The Morgan fingerprint density at radius 2 is 2.06 bits per heavy atom. The molecule has 1 aliphatic rings. The molecule has 1 aliphatic carbocycles. The molecule has 0 bridgehead atoms. The van der Waals surface area contributed by atoms with Gasteiger partial charge >= 0.3 is 0 Å². The summed E-state index contributed by atoms with van der Waals surface area (Å²) in [5, 5.41) is 2.89. The van der Waals surface area contributed by atoms with Gasteiger partial charge in [-0.2, -0.15) is 0 Å². The van der Waals surface area contributed by atoms with Gasteiger partial charge in [0.2, 0.25) is 0 Å². The molecule has 2 aromatic rings. The van der Waals surface area contributed by atoms with Gasteiger partial charge in [0.05, 0.1) is 5.56 Å². The van der Waals surface area contributed by atoms with Crippen LogP contribution in [0.5, 0.6) is 0 Å². The minimum Gasteiger partial charge on any atom is -0.364 e. The summed E-state index contributed by atoms with van der Waals surface area (Å²) in [5.74, 6) is 0.475.